The molecule has 0 aliphatic carbocycles. The number of thiazole rings is 1. The average molecular weight is 380 g/mol. The lowest BCUT2D eigenvalue weighted by molar-refractivity contribution is 1.00. The van der Waals surface area contributed by atoms with Crippen molar-refractivity contribution in [3.05, 3.63) is 87.4 Å². The summed E-state index contributed by atoms with van der Waals surface area (Å²) in [6, 6.07) is 15.7. The molecule has 4 nitrogen and oxygen atoms in total. The van der Waals surface area contributed by atoms with Crippen molar-refractivity contribution in [1.29, 1.82) is 0 Å². The molecule has 0 unspecified atom stereocenters. The fourth-order valence-electron chi connectivity index (χ4n) is 2.68. The van der Waals surface area contributed by atoms with Crippen molar-refractivity contribution in [3.8, 4) is 10.6 Å². The van der Waals surface area contributed by atoms with Crippen molar-refractivity contribution >= 4 is 28.7 Å². The van der Waals surface area contributed by atoms with E-state index in [9.17, 15) is 4.79 Å². The number of hydrogen-bond donors (Lipinski definition) is 0. The van der Waals surface area contributed by atoms with Crippen LogP contribution in [0.25, 0.3) is 16.2 Å². The van der Waals surface area contributed by atoms with E-state index in [-0.39, 0.29) is 5.56 Å². The van der Waals surface area contributed by atoms with Crippen LogP contribution < -0.4 is 5.56 Å². The molecule has 3 heterocycles. The number of hydrogen-bond acceptors (Lipinski definition) is 5. The largest absolute Gasteiger partial charge is 0.269 e. The van der Waals surface area contributed by atoms with Gasteiger partial charge in [-0.05, 0) is 18.6 Å². The Morgan fingerprint density at radius 2 is 1.85 bits per heavy atom. The Labute approximate surface area is 159 Å². The Kier molecular flexibility index (Phi) is 4.86. The predicted molar refractivity (Wildman–Crippen MR) is 109 cm³/mol. The smallest absolute Gasteiger partial charge is 0.258 e. The number of pyridine rings is 1. The van der Waals surface area contributed by atoms with Crippen LogP contribution in [0, 0.1) is 6.92 Å². The van der Waals surface area contributed by atoms with Gasteiger partial charge in [-0.3, -0.25) is 9.20 Å². The van der Waals surface area contributed by atoms with E-state index >= 15 is 0 Å². The first kappa shape index (κ1) is 17.0. The molecule has 0 aliphatic heterocycles. The van der Waals surface area contributed by atoms with Crippen LogP contribution >= 0.6 is 23.1 Å². The summed E-state index contributed by atoms with van der Waals surface area (Å²) < 4.78 is 1.59. The number of fused-ring (bicyclic) bond motifs is 1. The lowest BCUT2D eigenvalue weighted by Gasteiger charge is -2.04. The first-order valence-corrected chi connectivity index (χ1v) is 10.3. The standard InChI is InChI=1S/C20H17N3OS2/c1-14-7-8-18-21-16(9-19(24)23(18)10-14)11-25-12-17-13-26-20(22-17)15-5-3-2-4-6-15/h2-10,13H,11-12H2,1H3. The number of nitrogens with zero attached hydrogens (tertiary/aromatic N) is 3. The van der Waals surface area contributed by atoms with Gasteiger partial charge in [0.25, 0.3) is 5.56 Å². The highest BCUT2D eigenvalue weighted by atomic mass is 32.2. The lowest BCUT2D eigenvalue weighted by Crippen LogP contribution is -2.15. The molecule has 0 N–H and O–H groups in total. The highest BCUT2D eigenvalue weighted by molar-refractivity contribution is 7.97. The van der Waals surface area contributed by atoms with E-state index in [1.165, 1.54) is 0 Å². The number of aryl methyl sites for hydroxylation is 1. The number of rotatable bonds is 5. The summed E-state index contributed by atoms with van der Waals surface area (Å²) >= 11 is 3.38. The second kappa shape index (κ2) is 7.43. The molecule has 130 valence electrons. The van der Waals surface area contributed by atoms with E-state index in [1.54, 1.807) is 33.6 Å². The second-order valence-corrected chi connectivity index (χ2v) is 7.87. The zero-order valence-electron chi connectivity index (χ0n) is 14.3. The summed E-state index contributed by atoms with van der Waals surface area (Å²) in [5.74, 6) is 1.50. The van der Waals surface area contributed by atoms with Crippen LogP contribution in [-0.2, 0) is 11.5 Å². The summed E-state index contributed by atoms with van der Waals surface area (Å²) in [6.07, 6.45) is 1.82. The van der Waals surface area contributed by atoms with E-state index < -0.39 is 0 Å². The Bertz CT molecular complexity index is 1100. The zero-order chi connectivity index (χ0) is 17.9. The quantitative estimate of drug-likeness (QED) is 0.510. The predicted octanol–water partition coefficient (Wildman–Crippen LogP) is 4.56. The van der Waals surface area contributed by atoms with Gasteiger partial charge in [0.05, 0.1) is 11.4 Å². The maximum atomic E-state index is 12.2. The van der Waals surface area contributed by atoms with Gasteiger partial charge in [-0.2, -0.15) is 0 Å². The molecule has 0 aliphatic rings. The molecule has 26 heavy (non-hydrogen) atoms. The van der Waals surface area contributed by atoms with Gasteiger partial charge in [-0.1, -0.05) is 36.4 Å². The monoisotopic (exact) mass is 379 g/mol. The summed E-state index contributed by atoms with van der Waals surface area (Å²) in [6.45, 7) is 1.97. The molecule has 3 aromatic heterocycles. The van der Waals surface area contributed by atoms with Crippen molar-refractivity contribution in [2.45, 2.75) is 18.4 Å². The summed E-state index contributed by atoms with van der Waals surface area (Å²) in [5, 5.41) is 3.14. The molecule has 0 amide bonds. The van der Waals surface area contributed by atoms with Gasteiger partial charge < -0.3 is 0 Å². The van der Waals surface area contributed by atoms with Crippen molar-refractivity contribution in [2.24, 2.45) is 0 Å². The normalized spacial score (nSPS) is 11.1. The van der Waals surface area contributed by atoms with Gasteiger partial charge in [0, 0.05) is 34.7 Å². The van der Waals surface area contributed by atoms with Crippen LogP contribution in [0.2, 0.25) is 0 Å². The van der Waals surface area contributed by atoms with Gasteiger partial charge in [-0.25, -0.2) is 9.97 Å². The Balaban J connectivity index is 1.44. The fraction of sp³-hybridized carbons (Fsp3) is 0.150. The number of aromatic nitrogens is 3. The van der Waals surface area contributed by atoms with E-state index in [0.29, 0.717) is 11.4 Å². The molecule has 0 atom stereocenters. The molecule has 0 radical (unpaired) electrons. The Morgan fingerprint density at radius 3 is 2.69 bits per heavy atom. The number of thioether (sulfide) groups is 1. The zero-order valence-corrected chi connectivity index (χ0v) is 15.9. The molecule has 0 bridgehead atoms. The average Bonchev–Trinajstić information content (AvgIpc) is 3.12. The molecule has 0 saturated carbocycles. The third-order valence-electron chi connectivity index (χ3n) is 3.93. The lowest BCUT2D eigenvalue weighted by atomic mass is 10.2. The molecule has 0 spiro atoms. The van der Waals surface area contributed by atoms with Crippen LogP contribution in [0.5, 0.6) is 0 Å². The highest BCUT2D eigenvalue weighted by Gasteiger charge is 2.06. The second-order valence-electron chi connectivity index (χ2n) is 6.02. The summed E-state index contributed by atoms with van der Waals surface area (Å²) in [7, 11) is 0. The van der Waals surface area contributed by atoms with Crippen molar-refractivity contribution in [2.75, 3.05) is 0 Å². The molecular formula is C20H17N3OS2. The molecule has 0 saturated heterocycles. The summed E-state index contributed by atoms with van der Waals surface area (Å²) in [4.78, 5) is 21.5. The van der Waals surface area contributed by atoms with Crippen LogP contribution in [0.1, 0.15) is 17.0 Å². The van der Waals surface area contributed by atoms with Gasteiger partial charge in [0.15, 0.2) is 0 Å². The number of benzene rings is 1. The molecule has 4 rings (SSSR count). The third-order valence-corrected chi connectivity index (χ3v) is 5.87. The van der Waals surface area contributed by atoms with Gasteiger partial charge in [0.1, 0.15) is 10.7 Å². The topological polar surface area (TPSA) is 47.3 Å². The minimum Gasteiger partial charge on any atom is -0.269 e. The van der Waals surface area contributed by atoms with Crippen LogP contribution in [-0.4, -0.2) is 14.4 Å². The highest BCUT2D eigenvalue weighted by Crippen LogP contribution is 2.25. The van der Waals surface area contributed by atoms with Crippen LogP contribution in [0.3, 0.4) is 0 Å². The van der Waals surface area contributed by atoms with Gasteiger partial charge in [-0.15, -0.1) is 23.1 Å². The van der Waals surface area contributed by atoms with Crippen molar-refractivity contribution in [3.63, 3.8) is 0 Å². The third kappa shape index (κ3) is 3.71. The minimum atomic E-state index is -0.0330. The van der Waals surface area contributed by atoms with Crippen molar-refractivity contribution < 1.29 is 0 Å². The maximum Gasteiger partial charge on any atom is 0.258 e. The summed E-state index contributed by atoms with van der Waals surface area (Å²) in [5.41, 5.74) is 4.72. The Morgan fingerprint density at radius 1 is 1.04 bits per heavy atom. The first-order chi connectivity index (χ1) is 12.7. The van der Waals surface area contributed by atoms with Crippen LogP contribution in [0.4, 0.5) is 0 Å². The van der Waals surface area contributed by atoms with Crippen molar-refractivity contribution in [1.82, 2.24) is 14.4 Å². The Hall–Kier alpha value is -2.44. The first-order valence-electron chi connectivity index (χ1n) is 8.25. The molecule has 6 heteroatoms. The molecule has 0 fully saturated rings. The SMILES string of the molecule is Cc1ccc2nc(CSCc3csc(-c4ccccc4)n3)cc(=O)n2c1. The molecule has 4 aromatic rings. The minimum absolute atomic E-state index is 0.0330. The molecular weight excluding hydrogens is 362 g/mol. The van der Waals surface area contributed by atoms with E-state index in [4.69, 9.17) is 4.98 Å². The van der Waals surface area contributed by atoms with Gasteiger partial charge >= 0.3 is 0 Å². The van der Waals surface area contributed by atoms with Crippen LogP contribution in [0.15, 0.2) is 64.9 Å². The van der Waals surface area contributed by atoms with E-state index in [2.05, 4.69) is 22.5 Å². The molecule has 1 aromatic carbocycles. The van der Waals surface area contributed by atoms with E-state index in [0.717, 1.165) is 33.3 Å². The van der Waals surface area contributed by atoms with E-state index in [1.807, 2.05) is 43.5 Å². The fourth-order valence-corrected chi connectivity index (χ4v) is 4.43. The van der Waals surface area contributed by atoms with Gasteiger partial charge in [0.2, 0.25) is 0 Å². The maximum absolute atomic E-state index is 12.2.